The number of nitrogens with one attached hydrogen (secondary N) is 1. The number of ether oxygens (including phenoxy) is 1. The van der Waals surface area contributed by atoms with Crippen molar-refractivity contribution in [3.05, 3.63) is 0 Å². The molecule has 3 fully saturated rings. The molecule has 3 rings (SSSR count). The zero-order valence-electron chi connectivity index (χ0n) is 15.9. The lowest BCUT2D eigenvalue weighted by molar-refractivity contribution is -0.127. The normalized spacial score (nSPS) is 29.9. The minimum Gasteiger partial charge on any atom is -0.444 e. The first-order chi connectivity index (χ1) is 11.8. The highest BCUT2D eigenvalue weighted by Gasteiger charge is 2.41. The number of hydrogen-bond acceptors (Lipinski definition) is 4. The van der Waals surface area contributed by atoms with Crippen molar-refractivity contribution in [2.75, 3.05) is 26.2 Å². The molecule has 3 unspecified atom stereocenters. The maximum Gasteiger partial charge on any atom is 0.410 e. The molecule has 0 radical (unpaired) electrons. The van der Waals surface area contributed by atoms with E-state index in [1.54, 1.807) is 0 Å². The van der Waals surface area contributed by atoms with E-state index >= 15 is 0 Å². The van der Waals surface area contributed by atoms with Crippen LogP contribution < -0.4 is 5.32 Å². The third-order valence-corrected chi connectivity index (χ3v) is 5.61. The number of carbonyl (C=O) groups excluding carboxylic acids is 2. The molecule has 3 heterocycles. The highest BCUT2D eigenvalue weighted by molar-refractivity contribution is 5.80. The highest BCUT2D eigenvalue weighted by Crippen LogP contribution is 2.29. The standard InChI is InChI=1S/C19H33N3O3/c1-19(2,3)25-18(24)21-10-4-6-14(13-21)8-9-20-15-12-17(23)22-11-5-7-16(15)22/h14-16,20H,4-13H2,1-3H3. The second kappa shape index (κ2) is 7.52. The second-order valence-corrected chi connectivity index (χ2v) is 8.78. The predicted molar refractivity (Wildman–Crippen MR) is 96.3 cm³/mol. The van der Waals surface area contributed by atoms with E-state index in [0.717, 1.165) is 51.9 Å². The first-order valence-corrected chi connectivity index (χ1v) is 9.84. The summed E-state index contributed by atoms with van der Waals surface area (Å²) < 4.78 is 5.50. The molecule has 142 valence electrons. The molecule has 0 aromatic heterocycles. The van der Waals surface area contributed by atoms with Crippen LogP contribution in [0.5, 0.6) is 0 Å². The molecule has 0 bridgehead atoms. The fourth-order valence-corrected chi connectivity index (χ4v) is 4.44. The monoisotopic (exact) mass is 351 g/mol. The molecule has 3 atom stereocenters. The molecular formula is C19H33N3O3. The quantitative estimate of drug-likeness (QED) is 0.845. The van der Waals surface area contributed by atoms with Crippen molar-refractivity contribution in [3.8, 4) is 0 Å². The molecule has 3 aliphatic heterocycles. The first-order valence-electron chi connectivity index (χ1n) is 9.84. The summed E-state index contributed by atoms with van der Waals surface area (Å²) in [5.41, 5.74) is -0.437. The number of nitrogens with zero attached hydrogens (tertiary/aromatic N) is 2. The van der Waals surface area contributed by atoms with Crippen LogP contribution in [-0.2, 0) is 9.53 Å². The Hall–Kier alpha value is -1.30. The summed E-state index contributed by atoms with van der Waals surface area (Å²) in [6.07, 6.45) is 6.01. The molecule has 2 amide bonds. The van der Waals surface area contributed by atoms with Gasteiger partial charge in [-0.1, -0.05) is 0 Å². The molecule has 0 spiro atoms. The lowest BCUT2D eigenvalue weighted by Gasteiger charge is -2.34. The van der Waals surface area contributed by atoms with E-state index in [-0.39, 0.29) is 6.09 Å². The van der Waals surface area contributed by atoms with Gasteiger partial charge in [0.05, 0.1) is 0 Å². The van der Waals surface area contributed by atoms with Gasteiger partial charge >= 0.3 is 6.09 Å². The van der Waals surface area contributed by atoms with Crippen LogP contribution in [0.2, 0.25) is 0 Å². The number of piperidine rings is 1. The third-order valence-electron chi connectivity index (χ3n) is 5.61. The van der Waals surface area contributed by atoms with E-state index in [4.69, 9.17) is 4.74 Å². The summed E-state index contributed by atoms with van der Waals surface area (Å²) in [7, 11) is 0. The summed E-state index contributed by atoms with van der Waals surface area (Å²) in [4.78, 5) is 28.2. The van der Waals surface area contributed by atoms with Crippen LogP contribution in [-0.4, -0.2) is 65.7 Å². The van der Waals surface area contributed by atoms with Gasteiger partial charge in [0.2, 0.25) is 5.91 Å². The Balaban J connectivity index is 1.41. The Morgan fingerprint density at radius 3 is 2.76 bits per heavy atom. The van der Waals surface area contributed by atoms with Gasteiger partial charge < -0.3 is 19.9 Å². The Kier molecular flexibility index (Phi) is 5.56. The van der Waals surface area contributed by atoms with Gasteiger partial charge in [-0.25, -0.2) is 4.79 Å². The van der Waals surface area contributed by atoms with Gasteiger partial charge in [-0.05, 0) is 65.3 Å². The molecular weight excluding hydrogens is 318 g/mol. The number of hydrogen-bond donors (Lipinski definition) is 1. The van der Waals surface area contributed by atoms with Gasteiger partial charge in [0.1, 0.15) is 5.60 Å². The minimum absolute atomic E-state index is 0.187. The third kappa shape index (κ3) is 4.66. The zero-order chi connectivity index (χ0) is 18.0. The van der Waals surface area contributed by atoms with E-state index < -0.39 is 5.60 Å². The van der Waals surface area contributed by atoms with Gasteiger partial charge in [-0.2, -0.15) is 0 Å². The molecule has 0 aromatic rings. The molecule has 3 aliphatic rings. The molecule has 1 N–H and O–H groups in total. The molecule has 0 aromatic carbocycles. The van der Waals surface area contributed by atoms with Crippen molar-refractivity contribution in [3.63, 3.8) is 0 Å². The fraction of sp³-hybridized carbons (Fsp3) is 0.895. The Morgan fingerprint density at radius 1 is 1.24 bits per heavy atom. The van der Waals surface area contributed by atoms with Gasteiger partial charge in [0.25, 0.3) is 0 Å². The van der Waals surface area contributed by atoms with Crippen molar-refractivity contribution in [1.82, 2.24) is 15.1 Å². The number of carbonyl (C=O) groups is 2. The summed E-state index contributed by atoms with van der Waals surface area (Å²) in [5, 5.41) is 3.62. The van der Waals surface area contributed by atoms with Crippen molar-refractivity contribution in [2.24, 2.45) is 5.92 Å². The van der Waals surface area contributed by atoms with E-state index in [2.05, 4.69) is 10.2 Å². The first kappa shape index (κ1) is 18.5. The number of fused-ring (bicyclic) bond motifs is 1. The Morgan fingerprint density at radius 2 is 2.00 bits per heavy atom. The van der Waals surface area contributed by atoms with E-state index in [1.165, 1.54) is 6.42 Å². The maximum atomic E-state index is 12.2. The van der Waals surface area contributed by atoms with E-state index in [0.29, 0.717) is 30.3 Å². The molecule has 0 saturated carbocycles. The Bertz CT molecular complexity index is 503. The largest absolute Gasteiger partial charge is 0.444 e. The van der Waals surface area contributed by atoms with Crippen LogP contribution in [0.4, 0.5) is 4.79 Å². The molecule has 3 saturated heterocycles. The smallest absolute Gasteiger partial charge is 0.410 e. The average Bonchev–Trinajstić information content (AvgIpc) is 3.11. The lowest BCUT2D eigenvalue weighted by Crippen LogP contribution is -2.44. The summed E-state index contributed by atoms with van der Waals surface area (Å²) >= 11 is 0. The van der Waals surface area contributed by atoms with Crippen molar-refractivity contribution < 1.29 is 14.3 Å². The number of amides is 2. The number of likely N-dealkylation sites (tertiary alicyclic amines) is 1. The number of rotatable bonds is 4. The summed E-state index contributed by atoms with van der Waals surface area (Å²) in [6, 6.07) is 0.734. The SMILES string of the molecule is CC(C)(C)OC(=O)N1CCCC(CCNC2CC(=O)N3CCCC23)C1. The molecule has 6 heteroatoms. The van der Waals surface area contributed by atoms with Crippen LogP contribution in [0.1, 0.15) is 59.3 Å². The fourth-order valence-electron chi connectivity index (χ4n) is 4.44. The van der Waals surface area contributed by atoms with Crippen molar-refractivity contribution in [1.29, 1.82) is 0 Å². The van der Waals surface area contributed by atoms with Crippen LogP contribution in [0, 0.1) is 5.92 Å². The summed E-state index contributed by atoms with van der Waals surface area (Å²) in [6.45, 7) is 9.18. The van der Waals surface area contributed by atoms with Crippen LogP contribution in [0.3, 0.4) is 0 Å². The Labute approximate surface area is 151 Å². The van der Waals surface area contributed by atoms with E-state index in [9.17, 15) is 9.59 Å². The van der Waals surface area contributed by atoms with Crippen LogP contribution in [0.15, 0.2) is 0 Å². The van der Waals surface area contributed by atoms with Crippen LogP contribution >= 0.6 is 0 Å². The molecule has 25 heavy (non-hydrogen) atoms. The van der Waals surface area contributed by atoms with Crippen molar-refractivity contribution >= 4 is 12.0 Å². The highest BCUT2D eigenvalue weighted by atomic mass is 16.6. The lowest BCUT2D eigenvalue weighted by atomic mass is 9.94. The minimum atomic E-state index is -0.437. The topological polar surface area (TPSA) is 61.9 Å². The second-order valence-electron chi connectivity index (χ2n) is 8.78. The predicted octanol–water partition coefficient (Wildman–Crippen LogP) is 2.38. The van der Waals surface area contributed by atoms with Crippen molar-refractivity contribution in [2.45, 2.75) is 77.0 Å². The van der Waals surface area contributed by atoms with E-state index in [1.807, 2.05) is 25.7 Å². The van der Waals surface area contributed by atoms with Gasteiger partial charge in [-0.15, -0.1) is 0 Å². The maximum absolute atomic E-state index is 12.2. The van der Waals surface area contributed by atoms with Gasteiger partial charge in [0.15, 0.2) is 0 Å². The molecule has 0 aliphatic carbocycles. The zero-order valence-corrected chi connectivity index (χ0v) is 15.9. The van der Waals surface area contributed by atoms with Gasteiger partial charge in [0, 0.05) is 38.1 Å². The average molecular weight is 351 g/mol. The van der Waals surface area contributed by atoms with Gasteiger partial charge in [-0.3, -0.25) is 4.79 Å². The summed E-state index contributed by atoms with van der Waals surface area (Å²) in [5.74, 6) is 0.833. The van der Waals surface area contributed by atoms with Crippen LogP contribution in [0.25, 0.3) is 0 Å². The molecule has 6 nitrogen and oxygen atoms in total.